The van der Waals surface area contributed by atoms with Gasteiger partial charge in [-0.2, -0.15) is 0 Å². The van der Waals surface area contributed by atoms with Crippen molar-refractivity contribution in [3.63, 3.8) is 0 Å². The summed E-state index contributed by atoms with van der Waals surface area (Å²) in [5.74, 6) is -0.217. The lowest BCUT2D eigenvalue weighted by atomic mass is 10.2. The van der Waals surface area contributed by atoms with Gasteiger partial charge in [-0.15, -0.1) is 10.2 Å². The van der Waals surface area contributed by atoms with E-state index in [-0.39, 0.29) is 23.4 Å². The molecule has 0 spiro atoms. The lowest BCUT2D eigenvalue weighted by Gasteiger charge is -2.01. The topological polar surface area (TPSA) is 110 Å². The largest absolute Gasteiger partial charge is 0.504 e. The minimum Gasteiger partial charge on any atom is -0.504 e. The van der Waals surface area contributed by atoms with Crippen LogP contribution >= 0.6 is 0 Å². The van der Waals surface area contributed by atoms with Crippen molar-refractivity contribution >= 4 is 23.3 Å². The number of nitrogens with zero attached hydrogens (tertiary/aromatic N) is 3. The number of aromatic hydroxyl groups is 1. The van der Waals surface area contributed by atoms with Gasteiger partial charge in [-0.25, -0.2) is 9.78 Å². The van der Waals surface area contributed by atoms with Gasteiger partial charge >= 0.3 is 5.97 Å². The second-order valence-corrected chi connectivity index (χ2v) is 4.04. The van der Waals surface area contributed by atoms with Crippen LogP contribution in [0.25, 0.3) is 0 Å². The summed E-state index contributed by atoms with van der Waals surface area (Å²) in [4.78, 5) is 15.3. The molecule has 21 heavy (non-hydrogen) atoms. The van der Waals surface area contributed by atoms with E-state index in [1.54, 1.807) is 31.2 Å². The molecule has 0 atom stereocenters. The highest BCUT2D eigenvalue weighted by atomic mass is 16.5. The van der Waals surface area contributed by atoms with E-state index in [1.807, 2.05) is 0 Å². The molecule has 0 aliphatic heterocycles. The first-order chi connectivity index (χ1) is 10.1. The van der Waals surface area contributed by atoms with Crippen LogP contribution in [0.15, 0.2) is 46.6 Å². The molecular formula is C14H14N4O3. The van der Waals surface area contributed by atoms with Gasteiger partial charge in [0.15, 0.2) is 17.4 Å². The number of carbonyl (C=O) groups is 1. The molecule has 7 nitrogen and oxygen atoms in total. The standard InChI is InChI=1S/C14H14N4O3/c1-2-21-14(20)9-3-5-10(6-4-9)17-18-12-8-7-11(19)13(15)16-12/h3-8,19H,2H2,1H3,(H2,15,16). The van der Waals surface area contributed by atoms with Crippen LogP contribution in [0.1, 0.15) is 17.3 Å². The van der Waals surface area contributed by atoms with E-state index in [1.165, 1.54) is 12.1 Å². The molecule has 0 saturated carbocycles. The predicted octanol–water partition coefficient (Wildman–Crippen LogP) is 2.96. The SMILES string of the molecule is CCOC(=O)c1ccc(N=Nc2ccc(O)c(N)n2)cc1. The lowest BCUT2D eigenvalue weighted by Crippen LogP contribution is -2.03. The summed E-state index contributed by atoms with van der Waals surface area (Å²) in [6.45, 7) is 2.07. The Morgan fingerprint density at radius 1 is 1.24 bits per heavy atom. The average Bonchev–Trinajstić information content (AvgIpc) is 2.49. The van der Waals surface area contributed by atoms with Crippen molar-refractivity contribution in [2.24, 2.45) is 10.2 Å². The van der Waals surface area contributed by atoms with Gasteiger partial charge in [0.05, 0.1) is 17.9 Å². The van der Waals surface area contributed by atoms with E-state index in [0.29, 0.717) is 17.9 Å². The number of carbonyl (C=O) groups excluding carboxylic acids is 1. The van der Waals surface area contributed by atoms with Gasteiger partial charge in [-0.05, 0) is 43.3 Å². The Balaban J connectivity index is 2.10. The maximum Gasteiger partial charge on any atom is 0.338 e. The number of pyridine rings is 1. The normalized spacial score (nSPS) is 10.7. The number of esters is 1. The van der Waals surface area contributed by atoms with E-state index in [9.17, 15) is 9.90 Å². The number of nitrogens with two attached hydrogens (primary N) is 1. The van der Waals surface area contributed by atoms with Crippen molar-refractivity contribution in [2.75, 3.05) is 12.3 Å². The molecule has 0 amide bonds. The Labute approximate surface area is 121 Å². The summed E-state index contributed by atoms with van der Waals surface area (Å²) in [5, 5.41) is 17.1. The van der Waals surface area contributed by atoms with Crippen molar-refractivity contribution in [2.45, 2.75) is 6.92 Å². The van der Waals surface area contributed by atoms with E-state index in [2.05, 4.69) is 15.2 Å². The van der Waals surface area contributed by atoms with Crippen molar-refractivity contribution in [3.05, 3.63) is 42.0 Å². The van der Waals surface area contributed by atoms with Crippen molar-refractivity contribution in [3.8, 4) is 5.75 Å². The number of rotatable bonds is 4. The fraction of sp³-hybridized carbons (Fsp3) is 0.143. The zero-order valence-electron chi connectivity index (χ0n) is 11.4. The quantitative estimate of drug-likeness (QED) is 0.663. The Morgan fingerprint density at radius 2 is 1.95 bits per heavy atom. The Morgan fingerprint density at radius 3 is 2.57 bits per heavy atom. The molecule has 3 N–H and O–H groups in total. The molecule has 1 heterocycles. The lowest BCUT2D eigenvalue weighted by molar-refractivity contribution is 0.0526. The van der Waals surface area contributed by atoms with Gasteiger partial charge < -0.3 is 15.6 Å². The highest BCUT2D eigenvalue weighted by molar-refractivity contribution is 5.89. The van der Waals surface area contributed by atoms with Crippen molar-refractivity contribution in [1.82, 2.24) is 4.98 Å². The monoisotopic (exact) mass is 286 g/mol. The molecule has 0 radical (unpaired) electrons. The van der Waals surface area contributed by atoms with Crippen LogP contribution < -0.4 is 5.73 Å². The van der Waals surface area contributed by atoms with Crippen LogP contribution in [0, 0.1) is 0 Å². The zero-order valence-corrected chi connectivity index (χ0v) is 11.4. The van der Waals surface area contributed by atoms with Crippen LogP contribution in [0.2, 0.25) is 0 Å². The van der Waals surface area contributed by atoms with Crippen LogP contribution in [0.5, 0.6) is 5.75 Å². The van der Waals surface area contributed by atoms with Crippen LogP contribution in [-0.2, 0) is 4.74 Å². The summed E-state index contributed by atoms with van der Waals surface area (Å²) < 4.78 is 4.88. The fourth-order valence-corrected chi connectivity index (χ4v) is 1.50. The number of anilines is 1. The number of aromatic nitrogens is 1. The number of benzene rings is 1. The van der Waals surface area contributed by atoms with Crippen LogP contribution in [0.4, 0.5) is 17.3 Å². The van der Waals surface area contributed by atoms with Gasteiger partial charge in [0.25, 0.3) is 0 Å². The molecule has 1 aromatic heterocycles. The fourth-order valence-electron chi connectivity index (χ4n) is 1.50. The zero-order chi connectivity index (χ0) is 15.2. The molecule has 1 aromatic carbocycles. The summed E-state index contributed by atoms with van der Waals surface area (Å²) >= 11 is 0. The Bertz CT molecular complexity index is 668. The maximum absolute atomic E-state index is 11.5. The number of azo groups is 1. The minimum atomic E-state index is -0.381. The van der Waals surface area contributed by atoms with Crippen molar-refractivity contribution < 1.29 is 14.6 Å². The van der Waals surface area contributed by atoms with Gasteiger partial charge in [0, 0.05) is 0 Å². The third kappa shape index (κ3) is 3.75. The van der Waals surface area contributed by atoms with Crippen molar-refractivity contribution in [1.29, 1.82) is 0 Å². The first-order valence-electron chi connectivity index (χ1n) is 6.24. The molecule has 0 saturated heterocycles. The minimum absolute atomic E-state index is 0.0101. The first-order valence-corrected chi connectivity index (χ1v) is 6.24. The van der Waals surface area contributed by atoms with Gasteiger partial charge in [-0.1, -0.05) is 0 Å². The van der Waals surface area contributed by atoms with Gasteiger partial charge in [0.1, 0.15) is 0 Å². The molecule has 108 valence electrons. The van der Waals surface area contributed by atoms with Gasteiger partial charge in [-0.3, -0.25) is 0 Å². The number of ether oxygens (including phenoxy) is 1. The van der Waals surface area contributed by atoms with E-state index in [4.69, 9.17) is 10.5 Å². The number of nitrogen functional groups attached to an aromatic ring is 1. The van der Waals surface area contributed by atoms with E-state index in [0.717, 1.165) is 0 Å². The summed E-state index contributed by atoms with van der Waals surface area (Å²) in [5.41, 5.74) is 6.46. The predicted molar refractivity (Wildman–Crippen MR) is 76.9 cm³/mol. The third-order valence-electron chi connectivity index (χ3n) is 2.53. The molecule has 0 fully saturated rings. The smallest absolute Gasteiger partial charge is 0.338 e. The second kappa shape index (κ2) is 6.47. The molecule has 7 heteroatoms. The Kier molecular flexibility index (Phi) is 4.45. The van der Waals surface area contributed by atoms with E-state index >= 15 is 0 Å². The molecular weight excluding hydrogens is 272 g/mol. The van der Waals surface area contributed by atoms with Gasteiger partial charge in [0.2, 0.25) is 0 Å². The summed E-state index contributed by atoms with van der Waals surface area (Å²) in [6, 6.07) is 9.36. The second-order valence-electron chi connectivity index (χ2n) is 4.04. The molecule has 0 aliphatic rings. The first kappa shape index (κ1) is 14.4. The highest BCUT2D eigenvalue weighted by Crippen LogP contribution is 2.22. The maximum atomic E-state index is 11.5. The number of hydrogen-bond donors (Lipinski definition) is 2. The average molecular weight is 286 g/mol. The molecule has 0 aliphatic carbocycles. The number of hydrogen-bond acceptors (Lipinski definition) is 7. The van der Waals surface area contributed by atoms with Crippen LogP contribution in [-0.4, -0.2) is 22.7 Å². The van der Waals surface area contributed by atoms with Crippen LogP contribution in [0.3, 0.4) is 0 Å². The van der Waals surface area contributed by atoms with E-state index < -0.39 is 0 Å². The Hall–Kier alpha value is -2.96. The highest BCUT2D eigenvalue weighted by Gasteiger charge is 2.05. The summed E-state index contributed by atoms with van der Waals surface area (Å²) in [6.07, 6.45) is 0. The molecule has 0 unspecified atom stereocenters. The molecule has 0 bridgehead atoms. The molecule has 2 rings (SSSR count). The third-order valence-corrected chi connectivity index (χ3v) is 2.53. The summed E-state index contributed by atoms with van der Waals surface area (Å²) in [7, 11) is 0. The molecule has 2 aromatic rings.